The molecule has 0 radical (unpaired) electrons. The second-order valence-corrected chi connectivity index (χ2v) is 7.01. The predicted octanol–water partition coefficient (Wildman–Crippen LogP) is 4.89. The van der Waals surface area contributed by atoms with Crippen LogP contribution >= 0.6 is 11.8 Å². The standard InChI is InChI=1S/C22H17NO2S/c24-22(26-18-14-8-3-9-15-18)20-19(16-10-4-1-5-11-16)23-21(25-20)17-12-6-2-7-13-17/h1-15,19-20H/t19-,20+/m0/s1. The molecule has 0 saturated heterocycles. The van der Waals surface area contributed by atoms with Crippen LogP contribution in [-0.4, -0.2) is 17.1 Å². The Bertz CT molecular complexity index is 911. The maximum Gasteiger partial charge on any atom is 0.236 e. The number of carbonyl (C=O) groups is 1. The first-order valence-electron chi connectivity index (χ1n) is 8.43. The fourth-order valence-corrected chi connectivity index (χ4v) is 3.69. The van der Waals surface area contributed by atoms with Crippen molar-refractivity contribution in [2.45, 2.75) is 17.0 Å². The van der Waals surface area contributed by atoms with Crippen LogP contribution in [0.2, 0.25) is 0 Å². The molecule has 3 nitrogen and oxygen atoms in total. The van der Waals surface area contributed by atoms with Crippen LogP contribution < -0.4 is 0 Å². The Balaban J connectivity index is 1.63. The summed E-state index contributed by atoms with van der Waals surface area (Å²) in [5.41, 5.74) is 1.86. The molecule has 0 saturated carbocycles. The molecule has 1 aliphatic heterocycles. The second-order valence-electron chi connectivity index (χ2n) is 5.93. The molecule has 0 aliphatic carbocycles. The lowest BCUT2D eigenvalue weighted by molar-refractivity contribution is -0.117. The highest BCUT2D eigenvalue weighted by atomic mass is 32.2. The quantitative estimate of drug-likeness (QED) is 0.623. The fraction of sp³-hybridized carbons (Fsp3) is 0.0909. The van der Waals surface area contributed by atoms with Crippen LogP contribution in [0.1, 0.15) is 17.2 Å². The summed E-state index contributed by atoms with van der Waals surface area (Å²) in [5.74, 6) is 0.520. The summed E-state index contributed by atoms with van der Waals surface area (Å²) in [5, 5.41) is -0.0419. The number of rotatable bonds is 4. The number of aliphatic imine (C=N–C) groups is 1. The van der Waals surface area contributed by atoms with E-state index < -0.39 is 6.10 Å². The van der Waals surface area contributed by atoms with Crippen molar-refractivity contribution < 1.29 is 9.53 Å². The molecule has 0 amide bonds. The summed E-state index contributed by atoms with van der Waals surface area (Å²) in [4.78, 5) is 18.6. The zero-order chi connectivity index (χ0) is 17.8. The molecular formula is C22H17NO2S. The maximum atomic E-state index is 12.9. The van der Waals surface area contributed by atoms with Crippen LogP contribution in [0.4, 0.5) is 0 Å². The average molecular weight is 359 g/mol. The van der Waals surface area contributed by atoms with E-state index in [1.54, 1.807) is 0 Å². The van der Waals surface area contributed by atoms with Gasteiger partial charge in [0, 0.05) is 10.5 Å². The van der Waals surface area contributed by atoms with Crippen molar-refractivity contribution >= 4 is 22.8 Å². The second kappa shape index (κ2) is 7.58. The van der Waals surface area contributed by atoms with Gasteiger partial charge in [-0.25, -0.2) is 4.99 Å². The van der Waals surface area contributed by atoms with E-state index in [0.717, 1.165) is 16.0 Å². The highest BCUT2D eigenvalue weighted by Gasteiger charge is 2.38. The van der Waals surface area contributed by atoms with Crippen LogP contribution in [0.25, 0.3) is 0 Å². The molecule has 0 unspecified atom stereocenters. The molecule has 1 heterocycles. The fourth-order valence-electron chi connectivity index (χ4n) is 2.87. The molecule has 0 spiro atoms. The van der Waals surface area contributed by atoms with Crippen LogP contribution in [0.15, 0.2) is 101 Å². The summed E-state index contributed by atoms with van der Waals surface area (Å²) < 4.78 is 6.03. The number of nitrogens with zero attached hydrogens (tertiary/aromatic N) is 1. The molecule has 0 aromatic heterocycles. The molecule has 128 valence electrons. The molecule has 0 bridgehead atoms. The van der Waals surface area contributed by atoms with Crippen molar-refractivity contribution in [3.63, 3.8) is 0 Å². The van der Waals surface area contributed by atoms with Crippen LogP contribution in [-0.2, 0) is 9.53 Å². The lowest BCUT2D eigenvalue weighted by Gasteiger charge is -2.16. The van der Waals surface area contributed by atoms with E-state index in [1.165, 1.54) is 11.8 Å². The zero-order valence-electron chi connectivity index (χ0n) is 14.0. The van der Waals surface area contributed by atoms with E-state index in [0.29, 0.717) is 5.90 Å². The third-order valence-corrected chi connectivity index (χ3v) is 5.08. The first-order chi connectivity index (χ1) is 12.8. The number of ether oxygens (including phenoxy) is 1. The van der Waals surface area contributed by atoms with Crippen molar-refractivity contribution in [1.82, 2.24) is 0 Å². The average Bonchev–Trinajstić information content (AvgIpc) is 3.16. The molecule has 3 aromatic carbocycles. The molecule has 0 N–H and O–H groups in total. The minimum absolute atomic E-state index is 0.0419. The van der Waals surface area contributed by atoms with Gasteiger partial charge in [-0.3, -0.25) is 4.79 Å². The van der Waals surface area contributed by atoms with Gasteiger partial charge in [0.15, 0.2) is 6.10 Å². The maximum absolute atomic E-state index is 12.9. The van der Waals surface area contributed by atoms with Crippen molar-refractivity contribution in [2.75, 3.05) is 0 Å². The first-order valence-corrected chi connectivity index (χ1v) is 9.24. The third-order valence-electron chi connectivity index (χ3n) is 4.14. The predicted molar refractivity (Wildman–Crippen MR) is 104 cm³/mol. The monoisotopic (exact) mass is 359 g/mol. The molecular weight excluding hydrogens is 342 g/mol. The van der Waals surface area contributed by atoms with E-state index in [1.807, 2.05) is 91.0 Å². The van der Waals surface area contributed by atoms with Crippen molar-refractivity contribution in [1.29, 1.82) is 0 Å². The van der Waals surface area contributed by atoms with E-state index >= 15 is 0 Å². The summed E-state index contributed by atoms with van der Waals surface area (Å²) in [6.45, 7) is 0. The number of hydrogen-bond donors (Lipinski definition) is 0. The summed E-state index contributed by atoms with van der Waals surface area (Å²) in [6, 6.07) is 28.8. The van der Waals surface area contributed by atoms with Gasteiger partial charge in [0.1, 0.15) is 6.04 Å². The van der Waals surface area contributed by atoms with Gasteiger partial charge in [0.25, 0.3) is 0 Å². The first kappa shape index (κ1) is 16.6. The van der Waals surface area contributed by atoms with Crippen molar-refractivity contribution in [2.24, 2.45) is 4.99 Å². The highest BCUT2D eigenvalue weighted by molar-refractivity contribution is 8.13. The largest absolute Gasteiger partial charge is 0.462 e. The number of benzene rings is 3. The van der Waals surface area contributed by atoms with Crippen molar-refractivity contribution in [3.05, 3.63) is 102 Å². The van der Waals surface area contributed by atoms with Gasteiger partial charge in [0.05, 0.1) is 0 Å². The zero-order valence-corrected chi connectivity index (χ0v) is 14.8. The highest BCUT2D eigenvalue weighted by Crippen LogP contribution is 2.35. The van der Waals surface area contributed by atoms with Crippen LogP contribution in [0.3, 0.4) is 0 Å². The molecule has 4 rings (SSSR count). The number of carbonyl (C=O) groups excluding carboxylic acids is 1. The Labute approximate surface area is 156 Å². The Morgan fingerprint density at radius 3 is 2.04 bits per heavy atom. The third kappa shape index (κ3) is 3.55. The SMILES string of the molecule is O=C(Sc1ccccc1)[C@@H]1OC(c2ccccc2)=N[C@H]1c1ccccc1. The van der Waals surface area contributed by atoms with Gasteiger partial charge in [-0.15, -0.1) is 0 Å². The number of thioether (sulfide) groups is 1. The summed E-state index contributed by atoms with van der Waals surface area (Å²) >= 11 is 1.20. The molecule has 2 atom stereocenters. The van der Waals surface area contributed by atoms with E-state index in [-0.39, 0.29) is 11.2 Å². The smallest absolute Gasteiger partial charge is 0.236 e. The Morgan fingerprint density at radius 1 is 0.808 bits per heavy atom. The van der Waals surface area contributed by atoms with Crippen molar-refractivity contribution in [3.8, 4) is 0 Å². The summed E-state index contributed by atoms with van der Waals surface area (Å²) in [7, 11) is 0. The Morgan fingerprint density at radius 2 is 1.38 bits per heavy atom. The van der Waals surface area contributed by atoms with E-state index in [9.17, 15) is 4.79 Å². The molecule has 3 aromatic rings. The van der Waals surface area contributed by atoms with Crippen LogP contribution in [0.5, 0.6) is 0 Å². The van der Waals surface area contributed by atoms with E-state index in [2.05, 4.69) is 0 Å². The molecule has 0 fully saturated rings. The minimum Gasteiger partial charge on any atom is -0.462 e. The van der Waals surface area contributed by atoms with Gasteiger partial charge < -0.3 is 4.74 Å². The normalized spacial score (nSPS) is 18.8. The summed E-state index contributed by atoms with van der Waals surface area (Å²) in [6.07, 6.45) is -0.641. The van der Waals surface area contributed by atoms with Gasteiger partial charge in [0.2, 0.25) is 11.0 Å². The molecule has 4 heteroatoms. The Kier molecular flexibility index (Phi) is 4.84. The van der Waals surface area contributed by atoms with Gasteiger partial charge >= 0.3 is 0 Å². The minimum atomic E-state index is -0.641. The lowest BCUT2D eigenvalue weighted by Crippen LogP contribution is -2.25. The van der Waals surface area contributed by atoms with Crippen LogP contribution in [0, 0.1) is 0 Å². The van der Waals surface area contributed by atoms with Gasteiger partial charge in [-0.2, -0.15) is 0 Å². The number of hydrogen-bond acceptors (Lipinski definition) is 4. The molecule has 26 heavy (non-hydrogen) atoms. The molecule has 1 aliphatic rings. The van der Waals surface area contributed by atoms with Gasteiger partial charge in [-0.1, -0.05) is 66.7 Å². The van der Waals surface area contributed by atoms with E-state index in [4.69, 9.17) is 9.73 Å². The van der Waals surface area contributed by atoms with Gasteiger partial charge in [-0.05, 0) is 41.6 Å². The Hall–Kier alpha value is -2.85. The lowest BCUT2D eigenvalue weighted by atomic mass is 10.0. The topological polar surface area (TPSA) is 38.7 Å².